The predicted molar refractivity (Wildman–Crippen MR) is 95.5 cm³/mol. The molecule has 5 N–H and O–H groups in total. The molecule has 5 unspecified atom stereocenters. The molecule has 1 saturated carbocycles. The average Bonchev–Trinajstić information content (AvgIpc) is 3.26. The Balaban J connectivity index is 1.36. The number of alkyl halides is 2. The Labute approximate surface area is 158 Å². The molecule has 5 atom stereocenters. The van der Waals surface area contributed by atoms with Crippen molar-refractivity contribution >= 4 is 5.91 Å². The van der Waals surface area contributed by atoms with Gasteiger partial charge in [-0.1, -0.05) is 0 Å². The van der Waals surface area contributed by atoms with Gasteiger partial charge in [-0.25, -0.2) is 19.6 Å². The first-order chi connectivity index (χ1) is 12.9. The van der Waals surface area contributed by atoms with Gasteiger partial charge in [-0.3, -0.25) is 10.1 Å². The molecule has 154 valence electrons. The predicted octanol–water partition coefficient (Wildman–Crippen LogP) is 0.782. The summed E-state index contributed by atoms with van der Waals surface area (Å²) in [6.07, 6.45) is 3.06. The summed E-state index contributed by atoms with van der Waals surface area (Å²) in [5.74, 6) is -2.34. The van der Waals surface area contributed by atoms with E-state index in [9.17, 15) is 13.6 Å². The monoisotopic (exact) mass is 387 g/mol. The molecule has 3 aliphatic heterocycles. The molecule has 0 radical (unpaired) electrons. The summed E-state index contributed by atoms with van der Waals surface area (Å²) in [7, 11) is 0. The minimum atomic E-state index is -2.51. The number of hydrogen-bond acceptors (Lipinski definition) is 6. The van der Waals surface area contributed by atoms with E-state index >= 15 is 0 Å². The highest BCUT2D eigenvalue weighted by molar-refractivity contribution is 5.84. The van der Waals surface area contributed by atoms with Crippen LogP contribution in [-0.2, 0) is 9.53 Å². The molecule has 1 amide bonds. The molecule has 0 spiro atoms. The Morgan fingerprint density at radius 1 is 1.11 bits per heavy atom. The molecule has 9 heteroatoms. The molecular weight excluding hydrogens is 356 g/mol. The van der Waals surface area contributed by atoms with Gasteiger partial charge in [0, 0.05) is 31.3 Å². The van der Waals surface area contributed by atoms with Crippen molar-refractivity contribution < 1.29 is 18.3 Å². The number of ether oxygens (including phenoxy) is 1. The summed E-state index contributed by atoms with van der Waals surface area (Å²) >= 11 is 0. The molecule has 0 aromatic rings. The van der Waals surface area contributed by atoms with Crippen molar-refractivity contribution in [2.75, 3.05) is 13.1 Å². The largest absolute Gasteiger partial charge is 0.355 e. The van der Waals surface area contributed by atoms with E-state index < -0.39 is 11.3 Å². The van der Waals surface area contributed by atoms with E-state index in [0.29, 0.717) is 19.4 Å². The zero-order valence-corrected chi connectivity index (χ0v) is 15.8. The molecule has 27 heavy (non-hydrogen) atoms. The van der Waals surface area contributed by atoms with E-state index in [0.717, 1.165) is 25.8 Å². The maximum Gasteiger partial charge on any atom is 0.248 e. The normalized spacial score (nSPS) is 43.0. The molecule has 0 aromatic carbocycles. The lowest BCUT2D eigenvalue weighted by Gasteiger charge is -2.40. The number of carbonyl (C=O) groups is 1. The van der Waals surface area contributed by atoms with E-state index in [1.54, 1.807) is 0 Å². The third-order valence-electron chi connectivity index (χ3n) is 6.69. The first-order valence-corrected chi connectivity index (χ1v) is 10.2. The van der Waals surface area contributed by atoms with Crippen molar-refractivity contribution in [2.45, 2.75) is 82.5 Å². The quantitative estimate of drug-likeness (QED) is 0.490. The SMILES string of the molecule is CC1(C2NNC(C3CCCNC3NC3CCC(F)(F)CC3)O2)CCNC1=O. The van der Waals surface area contributed by atoms with Gasteiger partial charge in [0.15, 0.2) is 0 Å². The van der Waals surface area contributed by atoms with Gasteiger partial charge >= 0.3 is 0 Å². The van der Waals surface area contributed by atoms with Crippen molar-refractivity contribution in [3.05, 3.63) is 0 Å². The molecule has 4 fully saturated rings. The van der Waals surface area contributed by atoms with Crippen LogP contribution in [0.2, 0.25) is 0 Å². The van der Waals surface area contributed by atoms with Crippen molar-refractivity contribution in [3.63, 3.8) is 0 Å². The van der Waals surface area contributed by atoms with Crippen LogP contribution in [0.4, 0.5) is 8.78 Å². The summed E-state index contributed by atoms with van der Waals surface area (Å²) in [5, 5.41) is 9.92. The highest BCUT2D eigenvalue weighted by Gasteiger charge is 2.50. The molecular formula is C18H31F2N5O2. The Hall–Kier alpha value is -0.870. The van der Waals surface area contributed by atoms with Crippen molar-refractivity contribution in [3.8, 4) is 0 Å². The van der Waals surface area contributed by atoms with Crippen LogP contribution in [0.5, 0.6) is 0 Å². The minimum absolute atomic E-state index is 0.0127. The van der Waals surface area contributed by atoms with Gasteiger partial charge in [-0.05, 0) is 45.6 Å². The lowest BCUT2D eigenvalue weighted by Crippen LogP contribution is -2.59. The number of hydrogen-bond donors (Lipinski definition) is 5. The molecule has 7 nitrogen and oxygen atoms in total. The first-order valence-electron chi connectivity index (χ1n) is 10.2. The third-order valence-corrected chi connectivity index (χ3v) is 6.69. The fourth-order valence-electron chi connectivity index (χ4n) is 4.77. The van der Waals surface area contributed by atoms with Crippen molar-refractivity contribution in [2.24, 2.45) is 11.3 Å². The van der Waals surface area contributed by atoms with Crippen molar-refractivity contribution in [1.29, 1.82) is 0 Å². The zero-order valence-electron chi connectivity index (χ0n) is 15.8. The average molecular weight is 387 g/mol. The van der Waals surface area contributed by atoms with Gasteiger partial charge in [-0.2, -0.15) is 0 Å². The van der Waals surface area contributed by atoms with Crippen LogP contribution in [0.25, 0.3) is 0 Å². The van der Waals surface area contributed by atoms with E-state index in [1.165, 1.54) is 0 Å². The van der Waals surface area contributed by atoms with E-state index in [1.807, 2.05) is 6.92 Å². The second kappa shape index (κ2) is 7.51. The molecule has 0 aromatic heterocycles. The van der Waals surface area contributed by atoms with Crippen LogP contribution in [-0.4, -0.2) is 49.6 Å². The van der Waals surface area contributed by atoms with Crippen molar-refractivity contribution in [1.82, 2.24) is 26.8 Å². The maximum absolute atomic E-state index is 13.4. The van der Waals surface area contributed by atoms with Gasteiger partial charge in [0.05, 0.1) is 11.6 Å². The molecule has 3 heterocycles. The Morgan fingerprint density at radius 2 is 1.89 bits per heavy atom. The smallest absolute Gasteiger partial charge is 0.248 e. The highest BCUT2D eigenvalue weighted by atomic mass is 19.3. The van der Waals surface area contributed by atoms with Gasteiger partial charge in [0.1, 0.15) is 12.5 Å². The molecule has 4 rings (SSSR count). The fraction of sp³-hybridized carbons (Fsp3) is 0.944. The second-order valence-corrected chi connectivity index (χ2v) is 8.68. The van der Waals surface area contributed by atoms with Gasteiger partial charge < -0.3 is 15.4 Å². The second-order valence-electron chi connectivity index (χ2n) is 8.68. The van der Waals surface area contributed by atoms with Crippen LogP contribution in [0.1, 0.15) is 51.9 Å². The summed E-state index contributed by atoms with van der Waals surface area (Å²) in [6, 6.07) is 0.103. The summed E-state index contributed by atoms with van der Waals surface area (Å²) in [5.41, 5.74) is 5.81. The topological polar surface area (TPSA) is 86.4 Å². The van der Waals surface area contributed by atoms with E-state index in [-0.39, 0.29) is 49.3 Å². The van der Waals surface area contributed by atoms with E-state index in [4.69, 9.17) is 4.74 Å². The van der Waals surface area contributed by atoms with E-state index in [2.05, 4.69) is 26.8 Å². The zero-order chi connectivity index (χ0) is 19.1. The molecule has 0 bridgehead atoms. The highest BCUT2D eigenvalue weighted by Crippen LogP contribution is 2.36. The summed E-state index contributed by atoms with van der Waals surface area (Å²) < 4.78 is 33.1. The number of amides is 1. The summed E-state index contributed by atoms with van der Waals surface area (Å²) in [4.78, 5) is 12.2. The maximum atomic E-state index is 13.4. The molecule has 4 aliphatic rings. The lowest BCUT2D eigenvalue weighted by atomic mass is 9.87. The number of hydrazine groups is 1. The van der Waals surface area contributed by atoms with Crippen LogP contribution < -0.4 is 26.8 Å². The van der Waals surface area contributed by atoms with Crippen LogP contribution in [0, 0.1) is 11.3 Å². The van der Waals surface area contributed by atoms with Crippen LogP contribution in [0.15, 0.2) is 0 Å². The minimum Gasteiger partial charge on any atom is -0.355 e. The number of piperidine rings is 1. The summed E-state index contributed by atoms with van der Waals surface area (Å²) in [6.45, 7) is 3.50. The number of carbonyl (C=O) groups excluding carboxylic acids is 1. The molecule has 3 saturated heterocycles. The Bertz CT molecular complexity index is 556. The first kappa shape index (κ1) is 19.4. The standard InChI is InChI=1S/C18H31F2N5O2/c1-17(8-10-22-15(17)26)16-25-24-14(27-16)12-3-2-9-21-13(12)23-11-4-6-18(19,20)7-5-11/h11-14,16,21,23-25H,2-10H2,1H3,(H,22,26). The number of halogens is 2. The van der Waals surface area contributed by atoms with Gasteiger partial charge in [0.25, 0.3) is 0 Å². The van der Waals surface area contributed by atoms with Crippen LogP contribution in [0.3, 0.4) is 0 Å². The third kappa shape index (κ3) is 3.98. The number of nitrogens with one attached hydrogen (secondary N) is 5. The van der Waals surface area contributed by atoms with Crippen LogP contribution >= 0.6 is 0 Å². The number of rotatable bonds is 4. The van der Waals surface area contributed by atoms with Gasteiger partial charge in [-0.15, -0.1) is 0 Å². The Kier molecular flexibility index (Phi) is 5.41. The van der Waals surface area contributed by atoms with Gasteiger partial charge in [0.2, 0.25) is 11.8 Å². The fourth-order valence-corrected chi connectivity index (χ4v) is 4.77. The Morgan fingerprint density at radius 3 is 2.59 bits per heavy atom. The lowest BCUT2D eigenvalue weighted by molar-refractivity contribution is -0.138. The molecule has 1 aliphatic carbocycles.